The van der Waals surface area contributed by atoms with Crippen LogP contribution >= 0.6 is 45.9 Å². The summed E-state index contributed by atoms with van der Waals surface area (Å²) in [6.45, 7) is 3.80. The second-order valence-corrected chi connectivity index (χ2v) is 13.2. The Bertz CT molecular complexity index is 1860. The lowest BCUT2D eigenvalue weighted by Gasteiger charge is -2.06. The van der Waals surface area contributed by atoms with Crippen molar-refractivity contribution in [2.75, 3.05) is 10.6 Å². The molecular weight excluding hydrogens is 663 g/mol. The van der Waals surface area contributed by atoms with Gasteiger partial charge in [0.1, 0.15) is 23.0 Å². The standard InChI is InChI=1S/C34H24Cl2N4O4S2/c1-19-29(21-3-11-25(12-4-21)43-27-15-7-23(35)8-16-27)37-33(45-19)39-31(41)32(42)40-34-38-30(20(2)46-34)22-5-13-26(14-6-22)44-28-17-9-24(36)10-18-28/h3-18H,1-2H3,(H,37,39,41)(H,38,40,42). The highest BCUT2D eigenvalue weighted by molar-refractivity contribution is 7.16. The fourth-order valence-electron chi connectivity index (χ4n) is 4.38. The highest BCUT2D eigenvalue weighted by atomic mass is 35.5. The Morgan fingerprint density at radius 3 is 1.17 bits per heavy atom. The number of hydrogen-bond acceptors (Lipinski definition) is 8. The Balaban J connectivity index is 1.06. The SMILES string of the molecule is Cc1sc(NC(=O)C(=O)Nc2nc(-c3ccc(Oc4ccc(Cl)cc4)cc3)c(C)s2)nc1-c1ccc(Oc2ccc(Cl)cc2)cc1. The van der Waals surface area contributed by atoms with Gasteiger partial charge < -0.3 is 9.47 Å². The molecule has 0 atom stereocenters. The van der Waals surface area contributed by atoms with Crippen LogP contribution in [0.5, 0.6) is 23.0 Å². The summed E-state index contributed by atoms with van der Waals surface area (Å²) in [7, 11) is 0. The van der Waals surface area contributed by atoms with Crippen LogP contribution in [0, 0.1) is 13.8 Å². The summed E-state index contributed by atoms with van der Waals surface area (Å²) >= 11 is 14.4. The number of carbonyl (C=O) groups excluding carboxylic acids is 2. The van der Waals surface area contributed by atoms with Crippen LogP contribution < -0.4 is 20.1 Å². The van der Waals surface area contributed by atoms with Crippen LogP contribution in [0.2, 0.25) is 10.0 Å². The Kier molecular flexibility index (Phi) is 9.32. The largest absolute Gasteiger partial charge is 0.457 e. The normalized spacial score (nSPS) is 10.8. The van der Waals surface area contributed by atoms with E-state index in [0.717, 1.165) is 20.9 Å². The van der Waals surface area contributed by atoms with Gasteiger partial charge in [0.2, 0.25) is 0 Å². The molecule has 0 radical (unpaired) electrons. The van der Waals surface area contributed by atoms with Crippen molar-refractivity contribution >= 4 is 68.0 Å². The molecule has 0 aliphatic carbocycles. The number of nitrogens with zero attached hydrogens (tertiary/aromatic N) is 2. The van der Waals surface area contributed by atoms with E-state index in [1.807, 2.05) is 62.4 Å². The third-order valence-corrected chi connectivity index (χ3v) is 8.87. The molecule has 6 rings (SSSR count). The van der Waals surface area contributed by atoms with Crippen LogP contribution in [0.15, 0.2) is 97.1 Å². The molecule has 46 heavy (non-hydrogen) atoms. The molecule has 0 saturated carbocycles. The van der Waals surface area contributed by atoms with E-state index in [1.54, 1.807) is 48.5 Å². The van der Waals surface area contributed by atoms with E-state index in [9.17, 15) is 9.59 Å². The number of halogens is 2. The Morgan fingerprint density at radius 2 is 0.848 bits per heavy atom. The zero-order chi connectivity index (χ0) is 32.2. The molecule has 0 bridgehead atoms. The number of ether oxygens (including phenoxy) is 2. The third-order valence-electron chi connectivity index (χ3n) is 6.59. The van der Waals surface area contributed by atoms with E-state index in [2.05, 4.69) is 20.6 Å². The molecule has 6 aromatic rings. The molecule has 0 spiro atoms. The van der Waals surface area contributed by atoms with Crippen molar-refractivity contribution in [3.05, 3.63) is 117 Å². The first kappa shape index (κ1) is 31.3. The summed E-state index contributed by atoms with van der Waals surface area (Å²) in [5.41, 5.74) is 3.09. The van der Waals surface area contributed by atoms with Gasteiger partial charge in [-0.3, -0.25) is 20.2 Å². The van der Waals surface area contributed by atoms with Gasteiger partial charge in [-0.05, 0) is 111 Å². The van der Waals surface area contributed by atoms with E-state index in [-0.39, 0.29) is 0 Å². The average Bonchev–Trinajstić information content (AvgIpc) is 3.60. The molecule has 4 aromatic carbocycles. The summed E-state index contributed by atoms with van der Waals surface area (Å²) in [6, 6.07) is 29.1. The molecule has 8 nitrogen and oxygen atoms in total. The lowest BCUT2D eigenvalue weighted by molar-refractivity contribution is -0.132. The molecule has 0 unspecified atom stereocenters. The molecule has 0 saturated heterocycles. The summed E-state index contributed by atoms with van der Waals surface area (Å²) in [5.74, 6) is 0.971. The van der Waals surface area contributed by atoms with Gasteiger partial charge in [-0.2, -0.15) is 0 Å². The van der Waals surface area contributed by atoms with Gasteiger partial charge in [-0.1, -0.05) is 23.2 Å². The van der Waals surface area contributed by atoms with Gasteiger partial charge >= 0.3 is 11.8 Å². The molecule has 230 valence electrons. The van der Waals surface area contributed by atoms with Gasteiger partial charge in [-0.25, -0.2) is 9.97 Å². The monoisotopic (exact) mass is 686 g/mol. The first-order valence-electron chi connectivity index (χ1n) is 13.8. The second-order valence-electron chi connectivity index (χ2n) is 9.92. The molecule has 2 heterocycles. The zero-order valence-electron chi connectivity index (χ0n) is 24.3. The van der Waals surface area contributed by atoms with Crippen LogP contribution in [0.3, 0.4) is 0 Å². The first-order chi connectivity index (χ1) is 22.2. The number of nitrogens with one attached hydrogen (secondary N) is 2. The lowest BCUT2D eigenvalue weighted by atomic mass is 10.1. The van der Waals surface area contributed by atoms with Gasteiger partial charge in [0.05, 0.1) is 11.4 Å². The number of hydrogen-bond donors (Lipinski definition) is 2. The topological polar surface area (TPSA) is 102 Å². The van der Waals surface area contributed by atoms with E-state index in [1.165, 1.54) is 22.7 Å². The summed E-state index contributed by atoms with van der Waals surface area (Å²) in [6.07, 6.45) is 0. The average molecular weight is 688 g/mol. The zero-order valence-corrected chi connectivity index (χ0v) is 27.5. The lowest BCUT2D eigenvalue weighted by Crippen LogP contribution is -2.28. The number of carbonyl (C=O) groups is 2. The molecule has 0 aliphatic heterocycles. The summed E-state index contributed by atoms with van der Waals surface area (Å²) < 4.78 is 11.7. The quantitative estimate of drug-likeness (QED) is 0.155. The van der Waals surface area contributed by atoms with Crippen LogP contribution in [0.4, 0.5) is 10.3 Å². The first-order valence-corrected chi connectivity index (χ1v) is 16.2. The van der Waals surface area contributed by atoms with Crippen LogP contribution in [-0.4, -0.2) is 21.8 Å². The molecule has 0 aliphatic rings. The Hall–Kier alpha value is -4.74. The fourth-order valence-corrected chi connectivity index (χ4v) is 6.30. The van der Waals surface area contributed by atoms with Crippen LogP contribution in [-0.2, 0) is 9.59 Å². The Labute approximate surface area is 282 Å². The summed E-state index contributed by atoms with van der Waals surface area (Å²) in [4.78, 5) is 36.4. The fraction of sp³-hybridized carbons (Fsp3) is 0.0588. The number of benzene rings is 4. The highest BCUT2D eigenvalue weighted by Crippen LogP contribution is 2.34. The van der Waals surface area contributed by atoms with Crippen molar-refractivity contribution in [3.63, 3.8) is 0 Å². The van der Waals surface area contributed by atoms with E-state index >= 15 is 0 Å². The summed E-state index contributed by atoms with van der Waals surface area (Å²) in [5, 5.41) is 7.09. The van der Waals surface area contributed by atoms with Gasteiger partial charge in [0, 0.05) is 30.9 Å². The number of amides is 2. The van der Waals surface area contributed by atoms with E-state index in [4.69, 9.17) is 32.7 Å². The van der Waals surface area contributed by atoms with Crippen molar-refractivity contribution < 1.29 is 19.1 Å². The van der Waals surface area contributed by atoms with Crippen molar-refractivity contribution in [1.82, 2.24) is 9.97 Å². The van der Waals surface area contributed by atoms with Gasteiger partial charge in [-0.15, -0.1) is 22.7 Å². The minimum atomic E-state index is -0.842. The molecule has 2 N–H and O–H groups in total. The predicted octanol–water partition coefficient (Wildman–Crippen LogP) is 10.0. The smallest absolute Gasteiger partial charge is 0.315 e. The molecule has 2 aromatic heterocycles. The minimum absolute atomic E-state index is 0.311. The Morgan fingerprint density at radius 1 is 0.543 bits per heavy atom. The highest BCUT2D eigenvalue weighted by Gasteiger charge is 2.20. The minimum Gasteiger partial charge on any atom is -0.457 e. The molecule has 2 amide bonds. The number of anilines is 2. The second kappa shape index (κ2) is 13.7. The number of aryl methyl sites for hydroxylation is 2. The van der Waals surface area contributed by atoms with Crippen molar-refractivity contribution in [1.29, 1.82) is 0 Å². The van der Waals surface area contributed by atoms with E-state index in [0.29, 0.717) is 54.7 Å². The van der Waals surface area contributed by atoms with Gasteiger partial charge in [0.15, 0.2) is 10.3 Å². The number of rotatable bonds is 8. The number of aromatic nitrogens is 2. The van der Waals surface area contributed by atoms with Crippen molar-refractivity contribution in [3.8, 4) is 45.5 Å². The maximum atomic E-state index is 12.8. The van der Waals surface area contributed by atoms with Gasteiger partial charge in [0.25, 0.3) is 0 Å². The molecular formula is C34H24Cl2N4O4S2. The van der Waals surface area contributed by atoms with Crippen molar-refractivity contribution in [2.45, 2.75) is 13.8 Å². The maximum Gasteiger partial charge on any atom is 0.315 e. The van der Waals surface area contributed by atoms with Crippen LogP contribution in [0.1, 0.15) is 9.75 Å². The number of thiazole rings is 2. The van der Waals surface area contributed by atoms with Crippen molar-refractivity contribution in [2.24, 2.45) is 0 Å². The predicted molar refractivity (Wildman–Crippen MR) is 185 cm³/mol. The van der Waals surface area contributed by atoms with E-state index < -0.39 is 11.8 Å². The molecule has 12 heteroatoms. The van der Waals surface area contributed by atoms with Crippen LogP contribution in [0.25, 0.3) is 22.5 Å². The molecule has 0 fully saturated rings. The maximum absolute atomic E-state index is 12.8. The third kappa shape index (κ3) is 7.55.